The summed E-state index contributed by atoms with van der Waals surface area (Å²) in [6.45, 7) is 1.39. The largest absolute Gasteiger partial charge is 0.453 e. The number of nitrogens with one attached hydrogen (secondary N) is 1. The molecule has 7 heteroatoms. The van der Waals surface area contributed by atoms with Crippen LogP contribution in [0.2, 0.25) is 0 Å². The number of methoxy groups -OCH3 is 1. The van der Waals surface area contributed by atoms with Crippen LogP contribution in [-0.4, -0.2) is 48.6 Å². The number of hydrogen-bond acceptors (Lipinski definition) is 6. The van der Waals surface area contributed by atoms with E-state index in [-0.39, 0.29) is 6.04 Å². The van der Waals surface area contributed by atoms with Gasteiger partial charge in [-0.1, -0.05) is 0 Å². The highest BCUT2D eigenvalue weighted by Crippen LogP contribution is 2.15. The fourth-order valence-corrected chi connectivity index (χ4v) is 1.84. The van der Waals surface area contributed by atoms with Crippen LogP contribution in [0.3, 0.4) is 0 Å². The van der Waals surface area contributed by atoms with Crippen LogP contribution < -0.4 is 10.2 Å². The number of carbonyl (C=O) groups is 2. The molecule has 1 aliphatic rings. The van der Waals surface area contributed by atoms with Crippen LogP contribution in [0.4, 0.5) is 10.7 Å². The predicted octanol–water partition coefficient (Wildman–Crippen LogP) is 0.224. The van der Waals surface area contributed by atoms with Crippen LogP contribution in [0.5, 0.6) is 0 Å². The van der Waals surface area contributed by atoms with E-state index in [0.717, 1.165) is 13.0 Å². The Morgan fingerprint density at radius 3 is 2.89 bits per heavy atom. The first kappa shape index (κ1) is 12.3. The lowest BCUT2D eigenvalue weighted by Gasteiger charge is -2.16. The van der Waals surface area contributed by atoms with E-state index >= 15 is 0 Å². The van der Waals surface area contributed by atoms with Crippen molar-refractivity contribution in [2.75, 3.05) is 25.1 Å². The maximum Gasteiger partial charge on any atom is 0.407 e. The van der Waals surface area contributed by atoms with Gasteiger partial charge in [-0.05, 0) is 6.42 Å². The average Bonchev–Trinajstić information content (AvgIpc) is 2.87. The van der Waals surface area contributed by atoms with E-state index in [0.29, 0.717) is 24.3 Å². The third-order valence-electron chi connectivity index (χ3n) is 2.77. The highest BCUT2D eigenvalue weighted by molar-refractivity contribution is 5.73. The van der Waals surface area contributed by atoms with Gasteiger partial charge in [0.05, 0.1) is 18.7 Å². The first-order valence-corrected chi connectivity index (χ1v) is 5.59. The lowest BCUT2D eigenvalue weighted by atomic mass is 10.3. The second kappa shape index (κ2) is 5.44. The summed E-state index contributed by atoms with van der Waals surface area (Å²) in [4.78, 5) is 31.7. The molecule has 1 N–H and O–H groups in total. The second-order valence-electron chi connectivity index (χ2n) is 4.00. The number of ether oxygens (including phenoxy) is 1. The van der Waals surface area contributed by atoms with E-state index in [1.54, 1.807) is 0 Å². The van der Waals surface area contributed by atoms with Gasteiger partial charge in [0.15, 0.2) is 6.29 Å². The smallest absolute Gasteiger partial charge is 0.407 e. The Labute approximate surface area is 104 Å². The molecule has 0 saturated carbocycles. The van der Waals surface area contributed by atoms with Gasteiger partial charge in [-0.15, -0.1) is 0 Å². The van der Waals surface area contributed by atoms with Crippen molar-refractivity contribution in [1.29, 1.82) is 0 Å². The number of anilines is 1. The monoisotopic (exact) mass is 250 g/mol. The summed E-state index contributed by atoms with van der Waals surface area (Å²) in [6.07, 6.45) is 4.05. The highest BCUT2D eigenvalue weighted by Gasteiger charge is 2.25. The molecule has 1 fully saturated rings. The first-order chi connectivity index (χ1) is 8.72. The number of aromatic nitrogens is 2. The van der Waals surface area contributed by atoms with E-state index in [1.165, 1.54) is 19.5 Å². The van der Waals surface area contributed by atoms with Crippen LogP contribution >= 0.6 is 0 Å². The molecule has 2 heterocycles. The fraction of sp³-hybridized carbons (Fsp3) is 0.455. The molecule has 1 unspecified atom stereocenters. The van der Waals surface area contributed by atoms with Gasteiger partial charge in [-0.2, -0.15) is 0 Å². The zero-order valence-corrected chi connectivity index (χ0v) is 10.00. The van der Waals surface area contributed by atoms with E-state index in [4.69, 9.17) is 0 Å². The topological polar surface area (TPSA) is 84.4 Å². The third kappa shape index (κ3) is 2.73. The summed E-state index contributed by atoms with van der Waals surface area (Å²) in [7, 11) is 1.34. The summed E-state index contributed by atoms with van der Waals surface area (Å²) in [5.41, 5.74) is 0.446. The molecule has 1 aromatic heterocycles. The number of hydrogen-bond donors (Lipinski definition) is 1. The molecule has 0 aromatic carbocycles. The van der Waals surface area contributed by atoms with Crippen molar-refractivity contribution in [2.45, 2.75) is 12.5 Å². The van der Waals surface area contributed by atoms with Crippen molar-refractivity contribution in [1.82, 2.24) is 15.3 Å². The van der Waals surface area contributed by atoms with Gasteiger partial charge < -0.3 is 15.0 Å². The zero-order valence-electron chi connectivity index (χ0n) is 10.00. The summed E-state index contributed by atoms with van der Waals surface area (Å²) in [5, 5.41) is 2.74. The molecular formula is C11H14N4O3. The molecule has 1 amide bonds. The Balaban J connectivity index is 1.95. The fourth-order valence-electron chi connectivity index (χ4n) is 1.84. The van der Waals surface area contributed by atoms with Crippen molar-refractivity contribution < 1.29 is 14.3 Å². The molecule has 1 atom stereocenters. The summed E-state index contributed by atoms with van der Waals surface area (Å²) < 4.78 is 4.54. The van der Waals surface area contributed by atoms with Crippen LogP contribution in [0, 0.1) is 0 Å². The zero-order chi connectivity index (χ0) is 13.0. The number of amides is 1. The number of rotatable bonds is 3. The predicted molar refractivity (Wildman–Crippen MR) is 63.6 cm³/mol. The molecule has 0 bridgehead atoms. The van der Waals surface area contributed by atoms with Crippen molar-refractivity contribution in [3.63, 3.8) is 0 Å². The molecule has 0 aliphatic carbocycles. The summed E-state index contributed by atoms with van der Waals surface area (Å²) in [5.74, 6) is 0.565. The molecule has 1 aliphatic heterocycles. The SMILES string of the molecule is COC(=O)NC1CCN(c2ncc(C=O)cn2)C1. The lowest BCUT2D eigenvalue weighted by molar-refractivity contribution is 0.112. The average molecular weight is 250 g/mol. The van der Waals surface area contributed by atoms with Gasteiger partial charge in [-0.3, -0.25) is 4.79 Å². The first-order valence-electron chi connectivity index (χ1n) is 5.59. The van der Waals surface area contributed by atoms with Gasteiger partial charge in [0.1, 0.15) is 0 Å². The quantitative estimate of drug-likeness (QED) is 0.773. The molecule has 0 spiro atoms. The second-order valence-corrected chi connectivity index (χ2v) is 4.00. The maximum absolute atomic E-state index is 11.1. The Bertz CT molecular complexity index is 434. The minimum Gasteiger partial charge on any atom is -0.453 e. The standard InChI is InChI=1S/C11H14N4O3/c1-18-11(17)14-9-2-3-15(6-9)10-12-4-8(7-16)5-13-10/h4-5,7,9H,2-3,6H2,1H3,(H,14,17). The van der Waals surface area contributed by atoms with Crippen LogP contribution in [0.15, 0.2) is 12.4 Å². The van der Waals surface area contributed by atoms with Crippen LogP contribution in [0.1, 0.15) is 16.8 Å². The van der Waals surface area contributed by atoms with Crippen LogP contribution in [0.25, 0.3) is 0 Å². The molecular weight excluding hydrogens is 236 g/mol. The molecule has 1 saturated heterocycles. The van der Waals surface area contributed by atoms with E-state index < -0.39 is 6.09 Å². The van der Waals surface area contributed by atoms with Gasteiger partial charge in [-0.25, -0.2) is 14.8 Å². The number of nitrogens with zero attached hydrogens (tertiary/aromatic N) is 3. The molecule has 96 valence electrons. The van der Waals surface area contributed by atoms with Crippen molar-refractivity contribution in [2.24, 2.45) is 0 Å². The molecule has 1 aromatic rings. The molecule has 18 heavy (non-hydrogen) atoms. The lowest BCUT2D eigenvalue weighted by Crippen LogP contribution is -2.37. The normalized spacial score (nSPS) is 18.5. The Morgan fingerprint density at radius 1 is 1.56 bits per heavy atom. The minimum atomic E-state index is -0.431. The van der Waals surface area contributed by atoms with Crippen molar-refractivity contribution >= 4 is 18.3 Å². The highest BCUT2D eigenvalue weighted by atomic mass is 16.5. The van der Waals surface area contributed by atoms with Crippen molar-refractivity contribution in [3.8, 4) is 0 Å². The van der Waals surface area contributed by atoms with Gasteiger partial charge in [0.25, 0.3) is 0 Å². The van der Waals surface area contributed by atoms with E-state index in [9.17, 15) is 9.59 Å². The Hall–Kier alpha value is -2.18. The number of carbonyl (C=O) groups excluding carboxylic acids is 2. The molecule has 2 rings (SSSR count). The minimum absolute atomic E-state index is 0.0341. The molecule has 0 radical (unpaired) electrons. The van der Waals surface area contributed by atoms with Crippen LogP contribution in [-0.2, 0) is 4.74 Å². The van der Waals surface area contributed by atoms with Gasteiger partial charge in [0.2, 0.25) is 5.95 Å². The maximum atomic E-state index is 11.1. The van der Waals surface area contributed by atoms with E-state index in [2.05, 4.69) is 20.0 Å². The Kier molecular flexibility index (Phi) is 3.71. The number of alkyl carbamates (subject to hydrolysis) is 1. The van der Waals surface area contributed by atoms with Crippen molar-refractivity contribution in [3.05, 3.63) is 18.0 Å². The number of aldehydes is 1. The molecule has 7 nitrogen and oxygen atoms in total. The van der Waals surface area contributed by atoms with Gasteiger partial charge in [0, 0.05) is 25.5 Å². The summed E-state index contributed by atoms with van der Waals surface area (Å²) >= 11 is 0. The third-order valence-corrected chi connectivity index (χ3v) is 2.77. The van der Waals surface area contributed by atoms with Gasteiger partial charge >= 0.3 is 6.09 Å². The Morgan fingerprint density at radius 2 is 2.28 bits per heavy atom. The summed E-state index contributed by atoms with van der Waals surface area (Å²) in [6, 6.07) is 0.0341. The van der Waals surface area contributed by atoms with E-state index in [1.807, 2.05) is 4.90 Å².